The average molecular weight is 314 g/mol. The van der Waals surface area contributed by atoms with Crippen molar-refractivity contribution in [2.45, 2.75) is 38.5 Å². The van der Waals surface area contributed by atoms with Crippen LogP contribution in [-0.2, 0) is 11.4 Å². The van der Waals surface area contributed by atoms with Crippen molar-refractivity contribution in [1.29, 1.82) is 0 Å². The fourth-order valence-corrected chi connectivity index (χ4v) is 1.99. The number of hydrogen-bond acceptors (Lipinski definition) is 3. The summed E-state index contributed by atoms with van der Waals surface area (Å²) in [6.07, 6.45) is 1.55. The first-order valence-corrected chi connectivity index (χ1v) is 6.75. The van der Waals surface area contributed by atoms with Crippen molar-refractivity contribution < 1.29 is 14.6 Å². The normalized spacial score (nSPS) is 16.2. The topological polar surface area (TPSA) is 58.6 Å². The van der Waals surface area contributed by atoms with Crippen LogP contribution < -0.4 is 10.1 Å². The number of carbonyl (C=O) groups is 1. The van der Waals surface area contributed by atoms with E-state index in [1.54, 1.807) is 19.1 Å². The Bertz CT molecular complexity index is 446. The molecule has 0 bridgehead atoms. The van der Waals surface area contributed by atoms with Crippen LogP contribution in [0.2, 0.25) is 0 Å². The molecule has 2 N–H and O–H groups in total. The van der Waals surface area contributed by atoms with E-state index in [0.717, 1.165) is 17.3 Å². The summed E-state index contributed by atoms with van der Waals surface area (Å²) in [5, 5.41) is 12.1. The van der Waals surface area contributed by atoms with Gasteiger partial charge in [0.15, 0.2) is 6.10 Å². The number of carbonyl (C=O) groups excluding carboxylic acids is 1. The predicted octanol–water partition coefficient (Wildman–Crippen LogP) is 1.99. The lowest BCUT2D eigenvalue weighted by Gasteiger charge is -2.16. The summed E-state index contributed by atoms with van der Waals surface area (Å²) in [5.41, 5.74) is 0.662. The molecule has 4 nitrogen and oxygen atoms in total. The highest BCUT2D eigenvalue weighted by Crippen LogP contribution is 2.24. The van der Waals surface area contributed by atoms with Gasteiger partial charge in [0.25, 0.3) is 5.91 Å². The molecule has 0 heterocycles. The van der Waals surface area contributed by atoms with Crippen molar-refractivity contribution in [2.24, 2.45) is 0 Å². The van der Waals surface area contributed by atoms with E-state index in [1.165, 1.54) is 0 Å². The van der Waals surface area contributed by atoms with E-state index in [-0.39, 0.29) is 12.5 Å². The van der Waals surface area contributed by atoms with Crippen molar-refractivity contribution in [3.8, 4) is 5.75 Å². The number of aliphatic hydroxyl groups excluding tert-OH is 1. The van der Waals surface area contributed by atoms with Gasteiger partial charge < -0.3 is 15.2 Å². The third kappa shape index (κ3) is 3.46. The van der Waals surface area contributed by atoms with Gasteiger partial charge in [0.05, 0.1) is 6.61 Å². The highest BCUT2D eigenvalue weighted by Gasteiger charge is 2.26. The average Bonchev–Trinajstić information content (AvgIpc) is 3.15. The van der Waals surface area contributed by atoms with E-state index < -0.39 is 6.10 Å². The number of amides is 1. The molecule has 1 aromatic rings. The third-order valence-electron chi connectivity index (χ3n) is 2.79. The summed E-state index contributed by atoms with van der Waals surface area (Å²) in [5.74, 6) is 0.434. The molecule has 1 unspecified atom stereocenters. The second-order valence-electron chi connectivity index (χ2n) is 4.45. The minimum atomic E-state index is -0.558. The Morgan fingerprint density at radius 2 is 2.33 bits per heavy atom. The zero-order chi connectivity index (χ0) is 13.1. The Hall–Kier alpha value is -1.07. The first-order valence-electron chi connectivity index (χ1n) is 5.96. The Morgan fingerprint density at radius 3 is 2.94 bits per heavy atom. The van der Waals surface area contributed by atoms with E-state index in [2.05, 4.69) is 21.2 Å². The first-order chi connectivity index (χ1) is 8.60. The zero-order valence-electron chi connectivity index (χ0n) is 10.1. The lowest BCUT2D eigenvalue weighted by molar-refractivity contribution is -0.127. The SMILES string of the molecule is CC(Oc1ccc(Br)cc1CO)C(=O)NC1CC1. The largest absolute Gasteiger partial charge is 0.481 e. The molecule has 5 heteroatoms. The van der Waals surface area contributed by atoms with Crippen LogP contribution in [-0.4, -0.2) is 23.2 Å². The molecule has 0 spiro atoms. The van der Waals surface area contributed by atoms with Gasteiger partial charge in [-0.15, -0.1) is 0 Å². The zero-order valence-corrected chi connectivity index (χ0v) is 11.7. The van der Waals surface area contributed by atoms with Gasteiger partial charge in [-0.2, -0.15) is 0 Å². The molecule has 0 aliphatic heterocycles. The van der Waals surface area contributed by atoms with Crippen molar-refractivity contribution in [1.82, 2.24) is 5.32 Å². The quantitative estimate of drug-likeness (QED) is 0.874. The molecule has 1 saturated carbocycles. The molecule has 98 valence electrons. The molecular weight excluding hydrogens is 298 g/mol. The number of halogens is 1. The Morgan fingerprint density at radius 1 is 1.61 bits per heavy atom. The minimum absolute atomic E-state index is 0.107. The van der Waals surface area contributed by atoms with Gasteiger partial charge in [0.2, 0.25) is 0 Å². The highest BCUT2D eigenvalue weighted by molar-refractivity contribution is 9.10. The van der Waals surface area contributed by atoms with Crippen LogP contribution >= 0.6 is 15.9 Å². The molecular formula is C13H16BrNO3. The molecule has 0 aromatic heterocycles. The summed E-state index contributed by atoms with van der Waals surface area (Å²) in [6.45, 7) is 1.59. The maximum absolute atomic E-state index is 11.8. The maximum atomic E-state index is 11.8. The van der Waals surface area contributed by atoms with E-state index in [0.29, 0.717) is 17.4 Å². The van der Waals surface area contributed by atoms with Crippen LogP contribution in [0.1, 0.15) is 25.3 Å². The van der Waals surface area contributed by atoms with Crippen molar-refractivity contribution in [3.63, 3.8) is 0 Å². The van der Waals surface area contributed by atoms with E-state index in [4.69, 9.17) is 4.74 Å². The molecule has 0 saturated heterocycles. The van der Waals surface area contributed by atoms with Gasteiger partial charge in [-0.3, -0.25) is 4.79 Å². The second kappa shape index (κ2) is 5.71. The van der Waals surface area contributed by atoms with Crippen LogP contribution in [0.3, 0.4) is 0 Å². The molecule has 18 heavy (non-hydrogen) atoms. The van der Waals surface area contributed by atoms with Crippen molar-refractivity contribution in [2.75, 3.05) is 0 Å². The van der Waals surface area contributed by atoms with Gasteiger partial charge in [0.1, 0.15) is 5.75 Å². The lowest BCUT2D eigenvalue weighted by atomic mass is 10.2. The number of nitrogens with one attached hydrogen (secondary N) is 1. The molecule has 1 aromatic carbocycles. The summed E-state index contributed by atoms with van der Waals surface area (Å²) in [6, 6.07) is 5.67. The van der Waals surface area contributed by atoms with Crippen LogP contribution in [0.4, 0.5) is 0 Å². The van der Waals surface area contributed by atoms with E-state index in [9.17, 15) is 9.90 Å². The standard InChI is InChI=1S/C13H16BrNO3/c1-8(13(17)15-11-3-4-11)18-12-5-2-10(14)6-9(12)7-16/h2,5-6,8,11,16H,3-4,7H2,1H3,(H,15,17). The molecule has 2 rings (SSSR count). The predicted molar refractivity (Wildman–Crippen MR) is 71.3 cm³/mol. The summed E-state index contributed by atoms with van der Waals surface area (Å²) >= 11 is 3.33. The maximum Gasteiger partial charge on any atom is 0.260 e. The van der Waals surface area contributed by atoms with E-state index >= 15 is 0 Å². The van der Waals surface area contributed by atoms with Crippen LogP contribution in [0.15, 0.2) is 22.7 Å². The van der Waals surface area contributed by atoms with Gasteiger partial charge in [0, 0.05) is 16.1 Å². The number of hydrogen-bond donors (Lipinski definition) is 2. The Kier molecular flexibility index (Phi) is 4.24. The fraction of sp³-hybridized carbons (Fsp3) is 0.462. The van der Waals surface area contributed by atoms with E-state index in [1.807, 2.05) is 6.07 Å². The van der Waals surface area contributed by atoms with Crippen LogP contribution in [0.5, 0.6) is 5.75 Å². The van der Waals surface area contributed by atoms with Crippen LogP contribution in [0.25, 0.3) is 0 Å². The molecule has 1 aliphatic rings. The number of aliphatic hydroxyl groups is 1. The third-order valence-corrected chi connectivity index (χ3v) is 3.28. The van der Waals surface area contributed by atoms with Gasteiger partial charge in [-0.1, -0.05) is 15.9 Å². The Labute approximate surface area is 114 Å². The fourth-order valence-electron chi connectivity index (χ4n) is 1.58. The monoisotopic (exact) mass is 313 g/mol. The lowest BCUT2D eigenvalue weighted by Crippen LogP contribution is -2.37. The smallest absolute Gasteiger partial charge is 0.260 e. The molecule has 1 atom stereocenters. The van der Waals surface area contributed by atoms with Crippen LogP contribution in [0, 0.1) is 0 Å². The summed E-state index contributed by atoms with van der Waals surface area (Å²) in [4.78, 5) is 11.8. The summed E-state index contributed by atoms with van der Waals surface area (Å²) in [7, 11) is 0. The minimum Gasteiger partial charge on any atom is -0.481 e. The number of rotatable bonds is 5. The van der Waals surface area contributed by atoms with Crippen molar-refractivity contribution in [3.05, 3.63) is 28.2 Å². The number of benzene rings is 1. The molecule has 0 radical (unpaired) electrons. The molecule has 1 fully saturated rings. The number of ether oxygens (including phenoxy) is 1. The summed E-state index contributed by atoms with van der Waals surface area (Å²) < 4.78 is 6.46. The Balaban J connectivity index is 2.00. The second-order valence-corrected chi connectivity index (χ2v) is 5.37. The van der Waals surface area contributed by atoms with Gasteiger partial charge >= 0.3 is 0 Å². The molecule has 1 amide bonds. The van der Waals surface area contributed by atoms with Gasteiger partial charge in [-0.05, 0) is 38.0 Å². The van der Waals surface area contributed by atoms with Crippen molar-refractivity contribution >= 4 is 21.8 Å². The van der Waals surface area contributed by atoms with Gasteiger partial charge in [-0.25, -0.2) is 0 Å². The first kappa shape index (κ1) is 13.4. The highest BCUT2D eigenvalue weighted by atomic mass is 79.9. The molecule has 1 aliphatic carbocycles.